The molecule has 3 heteroatoms. The fraction of sp³-hybridized carbons (Fsp3) is 0.417. The van der Waals surface area contributed by atoms with Gasteiger partial charge >= 0.3 is 0 Å². The van der Waals surface area contributed by atoms with Crippen LogP contribution in [0, 0.1) is 0 Å². The lowest BCUT2D eigenvalue weighted by Gasteiger charge is -2.03. The highest BCUT2D eigenvalue weighted by atomic mass is 32.1. The lowest BCUT2D eigenvalue weighted by Crippen LogP contribution is -2.04. The summed E-state index contributed by atoms with van der Waals surface area (Å²) in [5.41, 5.74) is 8.08. The van der Waals surface area contributed by atoms with Crippen molar-refractivity contribution in [3.05, 3.63) is 28.8 Å². The topological polar surface area (TPSA) is 38.9 Å². The van der Waals surface area contributed by atoms with Gasteiger partial charge < -0.3 is 5.73 Å². The fourth-order valence-corrected chi connectivity index (χ4v) is 2.44. The van der Waals surface area contributed by atoms with Gasteiger partial charge in [-0.15, -0.1) is 11.3 Å². The largest absolute Gasteiger partial charge is 0.324 e. The van der Waals surface area contributed by atoms with Crippen molar-refractivity contribution in [2.75, 3.05) is 0 Å². The van der Waals surface area contributed by atoms with E-state index in [4.69, 9.17) is 5.73 Å². The van der Waals surface area contributed by atoms with Crippen LogP contribution in [0.5, 0.6) is 0 Å². The molecule has 0 saturated carbocycles. The monoisotopic (exact) mass is 220 g/mol. The van der Waals surface area contributed by atoms with Gasteiger partial charge in [0.2, 0.25) is 0 Å². The van der Waals surface area contributed by atoms with Crippen LogP contribution in [0.25, 0.3) is 10.2 Å². The summed E-state index contributed by atoms with van der Waals surface area (Å²) in [5, 5.41) is 1.20. The molecule has 0 radical (unpaired) electrons. The van der Waals surface area contributed by atoms with Gasteiger partial charge in [-0.25, -0.2) is 4.98 Å². The Balaban J connectivity index is 2.52. The molecule has 1 unspecified atom stereocenters. The molecule has 1 heterocycles. The second-order valence-corrected chi connectivity index (χ2v) is 5.28. The number of fused-ring (bicyclic) bond motifs is 1. The zero-order chi connectivity index (χ0) is 11.0. The van der Waals surface area contributed by atoms with E-state index in [9.17, 15) is 0 Å². The third-order valence-corrected chi connectivity index (χ3v) is 3.78. The molecule has 80 valence electrons. The average molecular weight is 220 g/mol. The Bertz CT molecular complexity index is 465. The van der Waals surface area contributed by atoms with Gasteiger partial charge in [-0.2, -0.15) is 0 Å². The van der Waals surface area contributed by atoms with Crippen LogP contribution < -0.4 is 5.73 Å². The Morgan fingerprint density at radius 3 is 2.60 bits per heavy atom. The van der Waals surface area contributed by atoms with Crippen molar-refractivity contribution in [1.82, 2.24) is 4.98 Å². The van der Waals surface area contributed by atoms with Crippen LogP contribution in [-0.4, -0.2) is 4.98 Å². The Hall–Kier alpha value is -0.930. The van der Waals surface area contributed by atoms with Gasteiger partial charge in [-0.1, -0.05) is 19.9 Å². The fourth-order valence-electron chi connectivity index (χ4n) is 1.49. The number of aromatic nitrogens is 1. The van der Waals surface area contributed by atoms with Crippen molar-refractivity contribution in [2.45, 2.75) is 32.7 Å². The molecule has 0 aliphatic carbocycles. The third-order valence-electron chi connectivity index (χ3n) is 2.45. The highest BCUT2D eigenvalue weighted by Crippen LogP contribution is 2.28. The van der Waals surface area contributed by atoms with Crippen LogP contribution in [0.15, 0.2) is 18.2 Å². The van der Waals surface area contributed by atoms with Crippen molar-refractivity contribution < 1.29 is 0 Å². The number of nitrogens with zero attached hydrogens (tertiary/aromatic N) is 1. The van der Waals surface area contributed by atoms with E-state index in [1.54, 1.807) is 11.3 Å². The lowest BCUT2D eigenvalue weighted by atomic mass is 10.1. The Morgan fingerprint density at radius 2 is 2.00 bits per heavy atom. The van der Waals surface area contributed by atoms with Crippen LogP contribution in [-0.2, 0) is 0 Å². The molecule has 2 N–H and O–H groups in total. The van der Waals surface area contributed by atoms with Gasteiger partial charge in [0.15, 0.2) is 0 Å². The van der Waals surface area contributed by atoms with E-state index in [2.05, 4.69) is 37.0 Å². The zero-order valence-corrected chi connectivity index (χ0v) is 10.1. The van der Waals surface area contributed by atoms with Gasteiger partial charge in [0.25, 0.3) is 0 Å². The molecule has 1 aromatic heterocycles. The second-order valence-electron chi connectivity index (χ2n) is 4.22. The van der Waals surface area contributed by atoms with Crippen molar-refractivity contribution in [3.63, 3.8) is 0 Å². The van der Waals surface area contributed by atoms with E-state index in [0.29, 0.717) is 5.92 Å². The minimum Gasteiger partial charge on any atom is -0.324 e. The Kier molecular flexibility index (Phi) is 2.76. The van der Waals surface area contributed by atoms with Crippen LogP contribution in [0.4, 0.5) is 0 Å². The summed E-state index contributed by atoms with van der Waals surface area (Å²) in [6.07, 6.45) is 0. The SMILES string of the molecule is CC(C)c1nc2cc(C(C)N)ccc2s1. The normalized spacial score (nSPS) is 13.7. The number of thiazole rings is 1. The maximum Gasteiger partial charge on any atom is 0.0963 e. The highest BCUT2D eigenvalue weighted by molar-refractivity contribution is 7.18. The van der Waals surface area contributed by atoms with Crippen molar-refractivity contribution in [1.29, 1.82) is 0 Å². The molecule has 15 heavy (non-hydrogen) atoms. The standard InChI is InChI=1S/C12H16N2S/c1-7(2)12-14-10-6-9(8(3)13)4-5-11(10)15-12/h4-8H,13H2,1-3H3. The smallest absolute Gasteiger partial charge is 0.0963 e. The zero-order valence-electron chi connectivity index (χ0n) is 9.32. The van der Waals surface area contributed by atoms with E-state index < -0.39 is 0 Å². The molecule has 0 amide bonds. The molecule has 1 atom stereocenters. The number of rotatable bonds is 2. The van der Waals surface area contributed by atoms with E-state index in [1.807, 2.05) is 6.92 Å². The summed E-state index contributed by atoms with van der Waals surface area (Å²) in [7, 11) is 0. The molecular weight excluding hydrogens is 204 g/mol. The first-order valence-electron chi connectivity index (χ1n) is 5.24. The summed E-state index contributed by atoms with van der Waals surface area (Å²) in [6.45, 7) is 6.34. The molecule has 1 aromatic carbocycles. The van der Waals surface area contributed by atoms with Gasteiger partial charge in [-0.3, -0.25) is 0 Å². The predicted octanol–water partition coefficient (Wildman–Crippen LogP) is 3.44. The summed E-state index contributed by atoms with van der Waals surface area (Å²) in [4.78, 5) is 4.62. The van der Waals surface area contributed by atoms with Crippen molar-refractivity contribution >= 4 is 21.6 Å². The first-order valence-corrected chi connectivity index (χ1v) is 6.05. The van der Waals surface area contributed by atoms with Gasteiger partial charge in [-0.05, 0) is 24.6 Å². The first-order chi connectivity index (χ1) is 7.08. The molecular formula is C12H16N2S. The first kappa shape index (κ1) is 10.6. The van der Waals surface area contributed by atoms with E-state index in [1.165, 1.54) is 9.71 Å². The molecule has 0 fully saturated rings. The third kappa shape index (κ3) is 2.03. The number of hydrogen-bond donors (Lipinski definition) is 1. The quantitative estimate of drug-likeness (QED) is 0.842. The van der Waals surface area contributed by atoms with E-state index in [0.717, 1.165) is 11.1 Å². The van der Waals surface area contributed by atoms with Gasteiger partial charge in [0.05, 0.1) is 15.2 Å². The number of benzene rings is 1. The van der Waals surface area contributed by atoms with Crippen LogP contribution in [0.3, 0.4) is 0 Å². The Morgan fingerprint density at radius 1 is 1.27 bits per heavy atom. The Labute approximate surface area is 94.1 Å². The minimum atomic E-state index is 0.0820. The maximum atomic E-state index is 5.85. The second kappa shape index (κ2) is 3.91. The molecule has 0 aliphatic heterocycles. The summed E-state index contributed by atoms with van der Waals surface area (Å²) in [6, 6.07) is 6.40. The molecule has 0 spiro atoms. The van der Waals surface area contributed by atoms with Gasteiger partial charge in [0.1, 0.15) is 0 Å². The molecule has 2 rings (SSSR count). The summed E-state index contributed by atoms with van der Waals surface area (Å²) < 4.78 is 1.25. The predicted molar refractivity (Wildman–Crippen MR) is 66.3 cm³/mol. The molecule has 2 aromatic rings. The summed E-state index contributed by atoms with van der Waals surface area (Å²) in [5.74, 6) is 0.501. The molecule has 2 nitrogen and oxygen atoms in total. The number of hydrogen-bond acceptors (Lipinski definition) is 3. The van der Waals surface area contributed by atoms with E-state index in [-0.39, 0.29) is 6.04 Å². The van der Waals surface area contributed by atoms with Crippen LogP contribution in [0.1, 0.15) is 43.3 Å². The highest BCUT2D eigenvalue weighted by Gasteiger charge is 2.08. The maximum absolute atomic E-state index is 5.85. The minimum absolute atomic E-state index is 0.0820. The lowest BCUT2D eigenvalue weighted by molar-refractivity contribution is 0.819. The van der Waals surface area contributed by atoms with Crippen LogP contribution >= 0.6 is 11.3 Å². The number of nitrogens with two attached hydrogens (primary N) is 1. The van der Waals surface area contributed by atoms with Gasteiger partial charge in [0, 0.05) is 12.0 Å². The van der Waals surface area contributed by atoms with Crippen LogP contribution in [0.2, 0.25) is 0 Å². The van der Waals surface area contributed by atoms with Crippen molar-refractivity contribution in [3.8, 4) is 0 Å². The average Bonchev–Trinajstić information content (AvgIpc) is 2.59. The molecule has 0 saturated heterocycles. The van der Waals surface area contributed by atoms with Crippen molar-refractivity contribution in [2.24, 2.45) is 5.73 Å². The molecule has 0 bridgehead atoms. The molecule has 0 aliphatic rings. The summed E-state index contributed by atoms with van der Waals surface area (Å²) >= 11 is 1.77. The van der Waals surface area contributed by atoms with E-state index >= 15 is 0 Å².